The lowest BCUT2D eigenvalue weighted by atomic mass is 10.2. The van der Waals surface area contributed by atoms with Gasteiger partial charge < -0.3 is 15.4 Å². The van der Waals surface area contributed by atoms with E-state index in [0.29, 0.717) is 6.54 Å². The van der Waals surface area contributed by atoms with Gasteiger partial charge in [0.2, 0.25) is 0 Å². The van der Waals surface area contributed by atoms with Crippen molar-refractivity contribution >= 4 is 5.96 Å². The Morgan fingerprint density at radius 2 is 1.90 bits per heavy atom. The highest BCUT2D eigenvalue weighted by Gasteiger charge is 2.08. The van der Waals surface area contributed by atoms with Crippen LogP contribution in [0.1, 0.15) is 32.8 Å². The topological polar surface area (TPSA) is 45.7 Å². The Labute approximate surface area is 122 Å². The van der Waals surface area contributed by atoms with Crippen molar-refractivity contribution in [3.63, 3.8) is 0 Å². The Balaban J connectivity index is 2.59. The molecule has 2 N–H and O–H groups in total. The molecule has 112 valence electrons. The van der Waals surface area contributed by atoms with Crippen molar-refractivity contribution < 1.29 is 4.74 Å². The van der Waals surface area contributed by atoms with E-state index in [9.17, 15) is 0 Å². The first-order valence-corrected chi connectivity index (χ1v) is 7.45. The van der Waals surface area contributed by atoms with Crippen LogP contribution in [-0.2, 0) is 0 Å². The first-order valence-electron chi connectivity index (χ1n) is 7.45. The summed E-state index contributed by atoms with van der Waals surface area (Å²) in [6.45, 7) is 10.7. The number of rotatable bonds is 7. The van der Waals surface area contributed by atoms with Gasteiger partial charge in [0.15, 0.2) is 5.96 Å². The van der Waals surface area contributed by atoms with Gasteiger partial charge in [-0.25, -0.2) is 4.99 Å². The minimum absolute atomic E-state index is 0.101. The van der Waals surface area contributed by atoms with Crippen molar-refractivity contribution in [1.29, 1.82) is 0 Å². The number of ether oxygens (including phenoxy) is 1. The zero-order valence-corrected chi connectivity index (χ0v) is 13.1. The van der Waals surface area contributed by atoms with Gasteiger partial charge in [0.05, 0.1) is 6.54 Å². The zero-order valence-electron chi connectivity index (χ0n) is 13.1. The average Bonchev–Trinajstić information content (AvgIpc) is 2.43. The smallest absolute Gasteiger partial charge is 0.191 e. The van der Waals surface area contributed by atoms with Crippen molar-refractivity contribution in [2.45, 2.75) is 40.2 Å². The number of hydrogen-bond donors (Lipinski definition) is 2. The number of guanidine groups is 1. The fourth-order valence-corrected chi connectivity index (χ4v) is 1.83. The van der Waals surface area contributed by atoms with Gasteiger partial charge >= 0.3 is 0 Å². The van der Waals surface area contributed by atoms with Gasteiger partial charge in [-0.1, -0.05) is 19.1 Å². The standard InChI is InChI=1S/C16H27N3O/c1-5-14(12-19-16(17-6-2)18-7-3)20-15-10-8-9-13(4)11-15/h8-11,14H,5-7,12H2,1-4H3,(H2,17,18,19). The summed E-state index contributed by atoms with van der Waals surface area (Å²) >= 11 is 0. The van der Waals surface area contributed by atoms with E-state index in [1.807, 2.05) is 12.1 Å². The van der Waals surface area contributed by atoms with E-state index < -0.39 is 0 Å². The molecule has 0 aliphatic rings. The lowest BCUT2D eigenvalue weighted by Gasteiger charge is -2.17. The molecule has 0 aliphatic heterocycles. The van der Waals surface area contributed by atoms with Crippen LogP contribution in [0.5, 0.6) is 5.75 Å². The molecule has 0 saturated heterocycles. The fourth-order valence-electron chi connectivity index (χ4n) is 1.83. The van der Waals surface area contributed by atoms with E-state index in [2.05, 4.69) is 55.5 Å². The number of aryl methyl sites for hydroxylation is 1. The molecule has 0 radical (unpaired) electrons. The van der Waals surface area contributed by atoms with Crippen molar-refractivity contribution in [3.05, 3.63) is 29.8 Å². The van der Waals surface area contributed by atoms with Gasteiger partial charge in [-0.2, -0.15) is 0 Å². The van der Waals surface area contributed by atoms with E-state index in [1.54, 1.807) is 0 Å². The zero-order chi connectivity index (χ0) is 14.8. The molecule has 0 aliphatic carbocycles. The Kier molecular flexibility index (Phi) is 7.55. The fraction of sp³-hybridized carbons (Fsp3) is 0.562. The Morgan fingerprint density at radius 3 is 2.45 bits per heavy atom. The Morgan fingerprint density at radius 1 is 1.20 bits per heavy atom. The molecule has 1 rings (SSSR count). The maximum absolute atomic E-state index is 5.99. The normalized spacial score (nSPS) is 11.6. The molecule has 1 atom stereocenters. The lowest BCUT2D eigenvalue weighted by molar-refractivity contribution is 0.205. The van der Waals surface area contributed by atoms with Crippen LogP contribution in [0.4, 0.5) is 0 Å². The minimum Gasteiger partial charge on any atom is -0.489 e. The molecule has 0 aromatic heterocycles. The predicted octanol–water partition coefficient (Wildman–Crippen LogP) is 2.73. The van der Waals surface area contributed by atoms with Gasteiger partial charge in [-0.3, -0.25) is 0 Å². The summed E-state index contributed by atoms with van der Waals surface area (Å²) in [7, 11) is 0. The Bertz CT molecular complexity index is 410. The highest BCUT2D eigenvalue weighted by Crippen LogP contribution is 2.15. The van der Waals surface area contributed by atoms with E-state index in [4.69, 9.17) is 4.74 Å². The van der Waals surface area contributed by atoms with Crippen LogP contribution in [0.2, 0.25) is 0 Å². The van der Waals surface area contributed by atoms with Crippen molar-refractivity contribution in [1.82, 2.24) is 10.6 Å². The molecule has 4 nitrogen and oxygen atoms in total. The summed E-state index contributed by atoms with van der Waals surface area (Å²) < 4.78 is 5.99. The van der Waals surface area contributed by atoms with E-state index in [-0.39, 0.29) is 6.10 Å². The van der Waals surface area contributed by atoms with Crippen molar-refractivity contribution in [2.75, 3.05) is 19.6 Å². The summed E-state index contributed by atoms with van der Waals surface area (Å²) in [4.78, 5) is 4.56. The second-order valence-corrected chi connectivity index (χ2v) is 4.71. The maximum Gasteiger partial charge on any atom is 0.191 e. The van der Waals surface area contributed by atoms with E-state index >= 15 is 0 Å². The molecule has 4 heteroatoms. The number of nitrogens with one attached hydrogen (secondary N) is 2. The van der Waals surface area contributed by atoms with Crippen LogP contribution < -0.4 is 15.4 Å². The van der Waals surface area contributed by atoms with Crippen LogP contribution >= 0.6 is 0 Å². The van der Waals surface area contributed by atoms with E-state index in [0.717, 1.165) is 31.2 Å². The summed E-state index contributed by atoms with van der Waals surface area (Å²) in [6, 6.07) is 8.14. The summed E-state index contributed by atoms with van der Waals surface area (Å²) in [6.07, 6.45) is 1.03. The molecule has 0 saturated carbocycles. The van der Waals surface area contributed by atoms with Crippen LogP contribution in [-0.4, -0.2) is 31.7 Å². The molecule has 0 heterocycles. The quantitative estimate of drug-likeness (QED) is 0.595. The third-order valence-electron chi connectivity index (χ3n) is 2.89. The first kappa shape index (κ1) is 16.3. The average molecular weight is 277 g/mol. The highest BCUT2D eigenvalue weighted by atomic mass is 16.5. The van der Waals surface area contributed by atoms with Crippen LogP contribution in [0.15, 0.2) is 29.3 Å². The molecule has 0 amide bonds. The van der Waals surface area contributed by atoms with Gasteiger partial charge in [0, 0.05) is 13.1 Å². The second-order valence-electron chi connectivity index (χ2n) is 4.71. The summed E-state index contributed by atoms with van der Waals surface area (Å²) in [5, 5.41) is 6.44. The summed E-state index contributed by atoms with van der Waals surface area (Å²) in [5.74, 6) is 1.77. The SMILES string of the molecule is CCNC(=NCC(CC)Oc1cccc(C)c1)NCC. The van der Waals surface area contributed by atoms with Crippen LogP contribution in [0.3, 0.4) is 0 Å². The summed E-state index contributed by atoms with van der Waals surface area (Å²) in [5.41, 5.74) is 1.21. The van der Waals surface area contributed by atoms with Crippen LogP contribution in [0, 0.1) is 6.92 Å². The molecule has 20 heavy (non-hydrogen) atoms. The maximum atomic E-state index is 5.99. The predicted molar refractivity (Wildman–Crippen MR) is 85.5 cm³/mol. The van der Waals surface area contributed by atoms with E-state index in [1.165, 1.54) is 5.56 Å². The molecule has 1 unspecified atom stereocenters. The molecule has 0 fully saturated rings. The second kappa shape index (κ2) is 9.23. The molecular formula is C16H27N3O. The van der Waals surface area contributed by atoms with Crippen molar-refractivity contribution in [3.8, 4) is 5.75 Å². The van der Waals surface area contributed by atoms with Gasteiger partial charge in [0.1, 0.15) is 11.9 Å². The molecule has 0 bridgehead atoms. The first-order chi connectivity index (χ1) is 9.69. The number of hydrogen-bond acceptors (Lipinski definition) is 2. The monoisotopic (exact) mass is 277 g/mol. The largest absolute Gasteiger partial charge is 0.489 e. The molecule has 0 spiro atoms. The number of nitrogens with zero attached hydrogens (tertiary/aromatic N) is 1. The number of aliphatic imine (C=N–C) groups is 1. The minimum atomic E-state index is 0.101. The molecule has 1 aromatic carbocycles. The van der Waals surface area contributed by atoms with Crippen molar-refractivity contribution in [2.24, 2.45) is 4.99 Å². The Hall–Kier alpha value is -1.71. The van der Waals surface area contributed by atoms with Gasteiger partial charge in [-0.05, 0) is 44.9 Å². The molecular weight excluding hydrogens is 250 g/mol. The third kappa shape index (κ3) is 5.95. The lowest BCUT2D eigenvalue weighted by Crippen LogP contribution is -2.38. The number of benzene rings is 1. The molecule has 1 aromatic rings. The van der Waals surface area contributed by atoms with Gasteiger partial charge in [-0.15, -0.1) is 0 Å². The van der Waals surface area contributed by atoms with Crippen LogP contribution in [0.25, 0.3) is 0 Å². The third-order valence-corrected chi connectivity index (χ3v) is 2.89. The highest BCUT2D eigenvalue weighted by molar-refractivity contribution is 5.79. The van der Waals surface area contributed by atoms with Gasteiger partial charge in [0.25, 0.3) is 0 Å².